The van der Waals surface area contributed by atoms with E-state index in [1.54, 1.807) is 0 Å². The Hall–Kier alpha value is -0.750. The number of benzene rings is 1. The van der Waals surface area contributed by atoms with Gasteiger partial charge in [0.05, 0.1) is 0 Å². The molecule has 1 heteroatoms. The molecule has 0 radical (unpaired) electrons. The van der Waals surface area contributed by atoms with Crippen LogP contribution in [0.4, 0.5) is 0 Å². The first-order chi connectivity index (χ1) is 4.93. The minimum atomic E-state index is 0.578. The van der Waals surface area contributed by atoms with Crippen LogP contribution in [-0.4, -0.2) is 5.88 Å². The maximum atomic E-state index is 5.46. The Morgan fingerprint density at radius 3 is 2.50 bits per heavy atom. The van der Waals surface area contributed by atoms with E-state index in [1.165, 1.54) is 5.56 Å². The summed E-state index contributed by atoms with van der Waals surface area (Å²) in [6, 6.07) is 10.1. The zero-order valence-corrected chi connectivity index (χ0v) is 6.38. The quantitative estimate of drug-likeness (QED) is 0.572. The molecular formula is C9H9Cl. The third kappa shape index (κ3) is 2.24. The van der Waals surface area contributed by atoms with Crippen molar-refractivity contribution in [3.8, 4) is 0 Å². The van der Waals surface area contributed by atoms with E-state index in [9.17, 15) is 0 Å². The van der Waals surface area contributed by atoms with E-state index in [0.29, 0.717) is 5.88 Å². The van der Waals surface area contributed by atoms with E-state index in [2.05, 4.69) is 0 Å². The van der Waals surface area contributed by atoms with E-state index in [1.807, 2.05) is 42.5 Å². The Bertz CT molecular complexity index is 201. The summed E-state index contributed by atoms with van der Waals surface area (Å²) in [5.41, 5.74) is 1.20. The molecule has 10 heavy (non-hydrogen) atoms. The normalized spacial score (nSPS) is 10.5. The summed E-state index contributed by atoms with van der Waals surface area (Å²) in [6.45, 7) is 0. The van der Waals surface area contributed by atoms with Gasteiger partial charge in [-0.25, -0.2) is 0 Å². The molecule has 0 saturated heterocycles. The highest BCUT2D eigenvalue weighted by Gasteiger charge is 1.79. The average molecular weight is 153 g/mol. The molecule has 1 aromatic carbocycles. The molecule has 0 heterocycles. The van der Waals surface area contributed by atoms with E-state index in [0.717, 1.165) is 0 Å². The van der Waals surface area contributed by atoms with Gasteiger partial charge in [-0.1, -0.05) is 42.5 Å². The number of hydrogen-bond acceptors (Lipinski definition) is 0. The number of halogens is 1. The second-order valence-electron chi connectivity index (χ2n) is 1.97. The molecule has 0 aliphatic carbocycles. The van der Waals surface area contributed by atoms with E-state index < -0.39 is 0 Å². The molecule has 0 bridgehead atoms. The first-order valence-corrected chi connectivity index (χ1v) is 3.74. The van der Waals surface area contributed by atoms with Gasteiger partial charge in [-0.2, -0.15) is 0 Å². The zero-order valence-electron chi connectivity index (χ0n) is 5.63. The van der Waals surface area contributed by atoms with Crippen molar-refractivity contribution < 1.29 is 0 Å². The lowest BCUT2D eigenvalue weighted by molar-refractivity contribution is 1.65. The molecule has 0 aromatic heterocycles. The number of allylic oxidation sites excluding steroid dienone is 1. The molecule has 0 unspecified atom stereocenters. The van der Waals surface area contributed by atoms with Crippen molar-refractivity contribution >= 4 is 17.7 Å². The molecule has 0 fully saturated rings. The summed E-state index contributed by atoms with van der Waals surface area (Å²) in [5, 5.41) is 0. The van der Waals surface area contributed by atoms with Crippen LogP contribution in [0.5, 0.6) is 0 Å². The predicted octanol–water partition coefficient (Wildman–Crippen LogP) is 2.94. The second-order valence-corrected chi connectivity index (χ2v) is 2.28. The van der Waals surface area contributed by atoms with Crippen LogP contribution >= 0.6 is 11.6 Å². The lowest BCUT2D eigenvalue weighted by Crippen LogP contribution is -1.67. The number of alkyl halides is 1. The molecule has 52 valence electrons. The van der Waals surface area contributed by atoms with Crippen LogP contribution in [-0.2, 0) is 0 Å². The summed E-state index contributed by atoms with van der Waals surface area (Å²) >= 11 is 5.46. The zero-order chi connectivity index (χ0) is 7.23. The van der Waals surface area contributed by atoms with Crippen molar-refractivity contribution in [1.29, 1.82) is 0 Å². The second kappa shape index (κ2) is 4.13. The molecule has 0 atom stereocenters. The van der Waals surface area contributed by atoms with Gasteiger partial charge < -0.3 is 0 Å². The van der Waals surface area contributed by atoms with Crippen LogP contribution in [0, 0.1) is 0 Å². The Kier molecular flexibility index (Phi) is 3.04. The van der Waals surface area contributed by atoms with Crippen molar-refractivity contribution in [2.75, 3.05) is 5.88 Å². The fraction of sp³-hybridized carbons (Fsp3) is 0.111. The third-order valence-electron chi connectivity index (χ3n) is 1.20. The molecule has 0 aliphatic heterocycles. The van der Waals surface area contributed by atoms with Gasteiger partial charge in [0.25, 0.3) is 0 Å². The summed E-state index contributed by atoms with van der Waals surface area (Å²) in [7, 11) is 0. The first kappa shape index (κ1) is 7.36. The predicted molar refractivity (Wildman–Crippen MR) is 46.2 cm³/mol. The van der Waals surface area contributed by atoms with Crippen LogP contribution < -0.4 is 0 Å². The Labute approximate surface area is 66.1 Å². The van der Waals surface area contributed by atoms with Crippen molar-refractivity contribution in [3.63, 3.8) is 0 Å². The number of hydrogen-bond donors (Lipinski definition) is 0. The molecule has 0 saturated carbocycles. The van der Waals surface area contributed by atoms with Gasteiger partial charge >= 0.3 is 0 Å². The first-order valence-electron chi connectivity index (χ1n) is 3.21. The summed E-state index contributed by atoms with van der Waals surface area (Å²) in [4.78, 5) is 0. The standard InChI is InChI=1S/C9H9Cl/c10-8-4-7-9-5-2-1-3-6-9/h1-7H,8H2/b7-4+. The Morgan fingerprint density at radius 1 is 1.20 bits per heavy atom. The minimum Gasteiger partial charge on any atom is -0.122 e. The van der Waals surface area contributed by atoms with Crippen LogP contribution in [0.3, 0.4) is 0 Å². The van der Waals surface area contributed by atoms with Crippen LogP contribution in [0.25, 0.3) is 6.08 Å². The fourth-order valence-electron chi connectivity index (χ4n) is 0.745. The van der Waals surface area contributed by atoms with Gasteiger partial charge in [0, 0.05) is 5.88 Å². The fourth-order valence-corrected chi connectivity index (χ4v) is 0.834. The van der Waals surface area contributed by atoms with Gasteiger partial charge in [0.1, 0.15) is 0 Å². The highest BCUT2D eigenvalue weighted by molar-refractivity contribution is 6.19. The highest BCUT2D eigenvalue weighted by atomic mass is 35.5. The van der Waals surface area contributed by atoms with Gasteiger partial charge in [-0.3, -0.25) is 0 Å². The summed E-state index contributed by atoms with van der Waals surface area (Å²) in [6.07, 6.45) is 3.93. The van der Waals surface area contributed by atoms with Crippen molar-refractivity contribution in [3.05, 3.63) is 42.0 Å². The molecule has 1 rings (SSSR count). The lowest BCUT2D eigenvalue weighted by Gasteiger charge is -1.87. The Balaban J connectivity index is 2.67. The van der Waals surface area contributed by atoms with Crippen molar-refractivity contribution in [2.45, 2.75) is 0 Å². The molecule has 0 amide bonds. The summed E-state index contributed by atoms with van der Waals surface area (Å²) in [5.74, 6) is 0.578. The third-order valence-corrected chi connectivity index (χ3v) is 1.38. The maximum absolute atomic E-state index is 5.46. The molecule has 1 aromatic rings. The van der Waals surface area contributed by atoms with Crippen LogP contribution in [0.1, 0.15) is 5.56 Å². The van der Waals surface area contributed by atoms with Gasteiger partial charge in [0.15, 0.2) is 0 Å². The SMILES string of the molecule is ClC/C=C/c1ccccc1. The Morgan fingerprint density at radius 2 is 1.90 bits per heavy atom. The molecular weight excluding hydrogens is 144 g/mol. The van der Waals surface area contributed by atoms with Gasteiger partial charge in [0.2, 0.25) is 0 Å². The van der Waals surface area contributed by atoms with Crippen molar-refractivity contribution in [1.82, 2.24) is 0 Å². The molecule has 0 aliphatic rings. The average Bonchev–Trinajstić information content (AvgIpc) is 2.03. The maximum Gasteiger partial charge on any atom is 0.0407 e. The lowest BCUT2D eigenvalue weighted by atomic mass is 10.2. The van der Waals surface area contributed by atoms with Gasteiger partial charge in [-0.15, -0.1) is 11.6 Å². The monoisotopic (exact) mass is 152 g/mol. The molecule has 0 N–H and O–H groups in total. The van der Waals surface area contributed by atoms with Crippen molar-refractivity contribution in [2.24, 2.45) is 0 Å². The van der Waals surface area contributed by atoms with Gasteiger partial charge in [-0.05, 0) is 5.56 Å². The van der Waals surface area contributed by atoms with E-state index in [-0.39, 0.29) is 0 Å². The smallest absolute Gasteiger partial charge is 0.0407 e. The minimum absolute atomic E-state index is 0.578. The topological polar surface area (TPSA) is 0 Å². The van der Waals surface area contributed by atoms with Crippen LogP contribution in [0.15, 0.2) is 36.4 Å². The van der Waals surface area contributed by atoms with E-state index >= 15 is 0 Å². The molecule has 0 nitrogen and oxygen atoms in total. The number of rotatable bonds is 2. The van der Waals surface area contributed by atoms with E-state index in [4.69, 9.17) is 11.6 Å². The summed E-state index contributed by atoms with van der Waals surface area (Å²) < 4.78 is 0. The largest absolute Gasteiger partial charge is 0.122 e. The molecule has 0 spiro atoms. The highest BCUT2D eigenvalue weighted by Crippen LogP contribution is 2.00. The van der Waals surface area contributed by atoms with Crippen LogP contribution in [0.2, 0.25) is 0 Å².